The van der Waals surface area contributed by atoms with Gasteiger partial charge < -0.3 is 10.2 Å². The summed E-state index contributed by atoms with van der Waals surface area (Å²) in [6.45, 7) is 0.497. The summed E-state index contributed by atoms with van der Waals surface area (Å²) >= 11 is 5.99. The third-order valence-corrected chi connectivity index (χ3v) is 5.59. The number of hydrogen-bond acceptors (Lipinski definition) is 3. The molecule has 2 fully saturated rings. The molecular weight excluding hydrogens is 397 g/mol. The number of nitrogens with zero attached hydrogens (tertiary/aromatic N) is 2. The fourth-order valence-corrected chi connectivity index (χ4v) is 4.16. The topological polar surface area (TPSA) is 69.7 Å². The molecule has 6 nitrogen and oxygen atoms in total. The normalized spacial score (nSPS) is 21.6. The molecule has 2 aromatic rings. The minimum atomic E-state index is -1.19. The molecule has 4 rings (SSSR count). The van der Waals surface area contributed by atoms with Crippen molar-refractivity contribution in [1.29, 1.82) is 0 Å². The Morgan fingerprint density at radius 2 is 1.97 bits per heavy atom. The third kappa shape index (κ3) is 3.58. The molecule has 2 saturated heterocycles. The van der Waals surface area contributed by atoms with Crippen LogP contribution >= 0.6 is 11.6 Å². The smallest absolute Gasteiger partial charge is 0.325 e. The van der Waals surface area contributed by atoms with Gasteiger partial charge in [0.05, 0.1) is 18.7 Å². The van der Waals surface area contributed by atoms with Crippen molar-refractivity contribution in [3.8, 4) is 0 Å². The number of likely N-dealkylation sites (tertiary alicyclic amines) is 1. The molecular formula is C21H19ClFN3O3. The molecule has 2 aromatic carbocycles. The maximum absolute atomic E-state index is 14.0. The quantitative estimate of drug-likeness (QED) is 0.782. The maximum atomic E-state index is 14.0. The Kier molecular flexibility index (Phi) is 5.00. The number of hydrogen-bond donors (Lipinski definition) is 1. The van der Waals surface area contributed by atoms with Gasteiger partial charge in [-0.25, -0.2) is 9.18 Å². The van der Waals surface area contributed by atoms with Gasteiger partial charge in [-0.3, -0.25) is 14.5 Å². The average molecular weight is 416 g/mol. The predicted molar refractivity (Wildman–Crippen MR) is 105 cm³/mol. The third-order valence-electron chi connectivity index (χ3n) is 5.36. The van der Waals surface area contributed by atoms with Crippen LogP contribution in [0.15, 0.2) is 48.5 Å². The van der Waals surface area contributed by atoms with Gasteiger partial charge in [-0.1, -0.05) is 35.9 Å². The number of nitrogens with one attached hydrogen (secondary N) is 1. The van der Waals surface area contributed by atoms with Gasteiger partial charge in [-0.05, 0) is 42.7 Å². The summed E-state index contributed by atoms with van der Waals surface area (Å²) in [5.41, 5.74) is -0.500. The SMILES string of the molecule is O=C(c1ccccc1F)N1CCCC2(C1)NC(=O)N(Cc1cccc(Cl)c1)C2=O. The van der Waals surface area contributed by atoms with Crippen LogP contribution < -0.4 is 5.32 Å². The largest absolute Gasteiger partial charge is 0.336 e. The average Bonchev–Trinajstić information content (AvgIpc) is 2.92. The van der Waals surface area contributed by atoms with E-state index in [-0.39, 0.29) is 24.6 Å². The van der Waals surface area contributed by atoms with Crippen molar-refractivity contribution >= 4 is 29.4 Å². The van der Waals surface area contributed by atoms with Gasteiger partial charge in [-0.15, -0.1) is 0 Å². The van der Waals surface area contributed by atoms with Crippen molar-refractivity contribution in [2.45, 2.75) is 24.9 Å². The van der Waals surface area contributed by atoms with E-state index in [9.17, 15) is 18.8 Å². The Hall–Kier alpha value is -2.93. The second-order valence-corrected chi connectivity index (χ2v) is 7.78. The molecule has 0 saturated carbocycles. The molecule has 1 N–H and O–H groups in total. The van der Waals surface area contributed by atoms with E-state index in [0.717, 1.165) is 10.5 Å². The summed E-state index contributed by atoms with van der Waals surface area (Å²) in [6.07, 6.45) is 0.946. The first-order chi connectivity index (χ1) is 13.9. The molecule has 4 amide bonds. The van der Waals surface area contributed by atoms with Gasteiger partial charge in [0.15, 0.2) is 0 Å². The molecule has 0 aliphatic carbocycles. The van der Waals surface area contributed by atoms with Crippen LogP contribution in [-0.2, 0) is 11.3 Å². The molecule has 0 bridgehead atoms. The van der Waals surface area contributed by atoms with E-state index in [2.05, 4.69) is 5.32 Å². The highest BCUT2D eigenvalue weighted by atomic mass is 35.5. The molecule has 150 valence electrons. The van der Waals surface area contributed by atoms with E-state index < -0.39 is 23.3 Å². The van der Waals surface area contributed by atoms with Crippen LogP contribution in [0.4, 0.5) is 9.18 Å². The van der Waals surface area contributed by atoms with Crippen LogP contribution in [0.3, 0.4) is 0 Å². The van der Waals surface area contributed by atoms with Crippen molar-refractivity contribution < 1.29 is 18.8 Å². The molecule has 0 radical (unpaired) electrons. The first-order valence-corrected chi connectivity index (χ1v) is 9.70. The monoisotopic (exact) mass is 415 g/mol. The highest BCUT2D eigenvalue weighted by Gasteiger charge is 2.53. The van der Waals surface area contributed by atoms with Crippen LogP contribution in [-0.4, -0.2) is 46.3 Å². The number of urea groups is 1. The highest BCUT2D eigenvalue weighted by Crippen LogP contribution is 2.30. The van der Waals surface area contributed by atoms with E-state index in [1.807, 2.05) is 0 Å². The molecule has 1 atom stereocenters. The lowest BCUT2D eigenvalue weighted by Crippen LogP contribution is -2.59. The summed E-state index contributed by atoms with van der Waals surface area (Å²) in [5, 5.41) is 3.29. The zero-order chi connectivity index (χ0) is 20.6. The number of carbonyl (C=O) groups excluding carboxylic acids is 3. The molecule has 1 spiro atoms. The Labute approximate surface area is 172 Å². The number of halogens is 2. The van der Waals surface area contributed by atoms with Gasteiger partial charge in [0.1, 0.15) is 11.4 Å². The summed E-state index contributed by atoms with van der Waals surface area (Å²) in [4.78, 5) is 41.1. The molecule has 2 aliphatic rings. The lowest BCUT2D eigenvalue weighted by atomic mass is 9.88. The van der Waals surface area contributed by atoms with E-state index in [1.54, 1.807) is 30.3 Å². The van der Waals surface area contributed by atoms with Crippen LogP contribution in [0.1, 0.15) is 28.8 Å². The molecule has 29 heavy (non-hydrogen) atoms. The number of piperidine rings is 1. The lowest BCUT2D eigenvalue weighted by molar-refractivity contribution is -0.133. The number of carbonyl (C=O) groups is 3. The molecule has 2 aliphatic heterocycles. The van der Waals surface area contributed by atoms with Crippen LogP contribution in [0, 0.1) is 5.82 Å². The second kappa shape index (κ2) is 7.48. The van der Waals surface area contributed by atoms with Gasteiger partial charge in [0.2, 0.25) is 0 Å². The Morgan fingerprint density at radius 3 is 2.72 bits per heavy atom. The number of amides is 4. The molecule has 0 aromatic heterocycles. The van der Waals surface area contributed by atoms with E-state index in [4.69, 9.17) is 11.6 Å². The summed E-state index contributed by atoms with van der Waals surface area (Å²) in [7, 11) is 0. The van der Waals surface area contributed by atoms with Crippen molar-refractivity contribution in [3.05, 3.63) is 70.5 Å². The van der Waals surface area contributed by atoms with Gasteiger partial charge in [-0.2, -0.15) is 0 Å². The zero-order valence-electron chi connectivity index (χ0n) is 15.5. The minimum absolute atomic E-state index is 0.0107. The van der Waals surface area contributed by atoms with E-state index in [1.165, 1.54) is 23.1 Å². The highest BCUT2D eigenvalue weighted by molar-refractivity contribution is 6.30. The Morgan fingerprint density at radius 1 is 1.17 bits per heavy atom. The Balaban J connectivity index is 1.55. The fraction of sp³-hybridized carbons (Fsp3) is 0.286. The molecule has 1 unspecified atom stereocenters. The van der Waals surface area contributed by atoms with Gasteiger partial charge in [0, 0.05) is 11.6 Å². The summed E-state index contributed by atoms with van der Waals surface area (Å²) < 4.78 is 14.0. The van der Waals surface area contributed by atoms with E-state index >= 15 is 0 Å². The fourth-order valence-electron chi connectivity index (χ4n) is 3.95. The maximum Gasteiger partial charge on any atom is 0.325 e. The summed E-state index contributed by atoms with van der Waals surface area (Å²) in [5.74, 6) is -1.48. The van der Waals surface area contributed by atoms with Crippen molar-refractivity contribution in [2.24, 2.45) is 0 Å². The van der Waals surface area contributed by atoms with Crippen LogP contribution in [0.5, 0.6) is 0 Å². The zero-order valence-corrected chi connectivity index (χ0v) is 16.3. The van der Waals surface area contributed by atoms with Crippen molar-refractivity contribution in [2.75, 3.05) is 13.1 Å². The van der Waals surface area contributed by atoms with Crippen LogP contribution in [0.25, 0.3) is 0 Å². The van der Waals surface area contributed by atoms with Gasteiger partial charge >= 0.3 is 6.03 Å². The van der Waals surface area contributed by atoms with E-state index in [0.29, 0.717) is 24.4 Å². The predicted octanol–water partition coefficient (Wildman–Crippen LogP) is 3.21. The first-order valence-electron chi connectivity index (χ1n) is 9.32. The molecule has 2 heterocycles. The van der Waals surface area contributed by atoms with Crippen LogP contribution in [0.2, 0.25) is 5.02 Å². The second-order valence-electron chi connectivity index (χ2n) is 7.34. The van der Waals surface area contributed by atoms with Crippen molar-refractivity contribution in [3.63, 3.8) is 0 Å². The van der Waals surface area contributed by atoms with Crippen molar-refractivity contribution in [1.82, 2.24) is 15.1 Å². The number of imide groups is 1. The number of benzene rings is 2. The lowest BCUT2D eigenvalue weighted by Gasteiger charge is -2.38. The first kappa shape index (κ1) is 19.4. The Bertz CT molecular complexity index is 999. The van der Waals surface area contributed by atoms with Gasteiger partial charge in [0.25, 0.3) is 11.8 Å². The minimum Gasteiger partial charge on any atom is -0.336 e. The number of rotatable bonds is 3. The molecule has 8 heteroatoms. The summed E-state index contributed by atoms with van der Waals surface area (Å²) in [6, 6.07) is 12.2. The standard InChI is InChI=1S/C21H19ClFN3O3/c22-15-6-3-5-14(11-15)12-26-19(28)21(24-20(26)29)9-4-10-25(13-21)18(27)16-7-1-2-8-17(16)23/h1-3,5-8,11H,4,9-10,12-13H2,(H,24,29).